The molecule has 1 amide bonds. The summed E-state index contributed by atoms with van der Waals surface area (Å²) in [5.41, 5.74) is 0.306. The molecule has 0 saturated carbocycles. The lowest BCUT2D eigenvalue weighted by atomic mass is 10.2. The number of anilines is 1. The van der Waals surface area contributed by atoms with Crippen molar-refractivity contribution in [2.45, 2.75) is 26.8 Å². The fourth-order valence-electron chi connectivity index (χ4n) is 2.83. The van der Waals surface area contributed by atoms with Crippen LogP contribution in [0.15, 0.2) is 40.6 Å². The summed E-state index contributed by atoms with van der Waals surface area (Å²) < 4.78 is 22.3. The lowest BCUT2D eigenvalue weighted by molar-refractivity contribution is -0.126. The van der Waals surface area contributed by atoms with Crippen molar-refractivity contribution in [2.75, 3.05) is 31.9 Å². The van der Waals surface area contributed by atoms with Crippen LogP contribution in [-0.2, 0) is 9.59 Å². The molecule has 2 aromatic rings. The maximum atomic E-state index is 13.1. The highest BCUT2D eigenvalue weighted by molar-refractivity contribution is 6.39. The van der Waals surface area contributed by atoms with E-state index in [0.717, 1.165) is 4.42 Å². The van der Waals surface area contributed by atoms with E-state index in [2.05, 4.69) is 10.2 Å². The number of benzene rings is 2. The number of methoxy groups -OCH3 is 2. The molecule has 0 aromatic heterocycles. The number of amides is 1. The van der Waals surface area contributed by atoms with Crippen molar-refractivity contribution >= 4 is 46.4 Å². The van der Waals surface area contributed by atoms with Crippen LogP contribution in [-0.4, -0.2) is 45.2 Å². The number of hydrogen-bond donors (Lipinski definition) is 0. The van der Waals surface area contributed by atoms with E-state index in [0.29, 0.717) is 30.5 Å². The molecule has 33 heavy (non-hydrogen) atoms. The van der Waals surface area contributed by atoms with Gasteiger partial charge in [-0.25, -0.2) is 4.42 Å². The largest absolute Gasteiger partial charge is 0.493 e. The van der Waals surface area contributed by atoms with Gasteiger partial charge in [-0.2, -0.15) is 5.11 Å². The number of carbonyl (C=O) groups excluding carboxylic acids is 2. The Morgan fingerprint density at radius 3 is 2.21 bits per heavy atom. The first-order chi connectivity index (χ1) is 15.8. The maximum Gasteiger partial charge on any atom is 0.276 e. The molecule has 0 spiro atoms. The summed E-state index contributed by atoms with van der Waals surface area (Å²) in [6, 6.07) is 6.52. The van der Waals surface area contributed by atoms with Crippen molar-refractivity contribution in [3.63, 3.8) is 0 Å². The van der Waals surface area contributed by atoms with Crippen molar-refractivity contribution in [2.24, 2.45) is 10.2 Å². The maximum absolute atomic E-state index is 13.1. The highest BCUT2D eigenvalue weighted by Gasteiger charge is 2.31. The minimum Gasteiger partial charge on any atom is -0.493 e. The third-order valence-corrected chi connectivity index (χ3v) is 5.04. The molecule has 0 N–H and O–H groups in total. The predicted molar refractivity (Wildman–Crippen MR) is 126 cm³/mol. The smallest absolute Gasteiger partial charge is 0.276 e. The number of nitrogens with zero attached hydrogens (tertiary/aromatic N) is 3. The molecule has 0 bridgehead atoms. The second-order valence-corrected chi connectivity index (χ2v) is 7.17. The SMILES string of the molecule is CCOc1ccc(OCC)c(N=NC(C(C)=O)C(=O)N(Cl)c2cccc(OC)c2OC)c1Cl. The van der Waals surface area contributed by atoms with Crippen LogP contribution in [0.1, 0.15) is 20.8 Å². The molecule has 0 aliphatic heterocycles. The summed E-state index contributed by atoms with van der Waals surface area (Å²) in [7, 11) is 2.85. The van der Waals surface area contributed by atoms with E-state index in [4.69, 9.17) is 42.3 Å². The molecule has 0 aliphatic rings. The molecule has 1 atom stereocenters. The number of carbonyl (C=O) groups is 2. The lowest BCUT2D eigenvalue weighted by Gasteiger charge is -2.20. The van der Waals surface area contributed by atoms with Crippen LogP contribution in [0, 0.1) is 0 Å². The van der Waals surface area contributed by atoms with Gasteiger partial charge in [0.05, 0.1) is 27.4 Å². The molecular weight excluding hydrogens is 473 g/mol. The fourth-order valence-corrected chi connectivity index (χ4v) is 3.31. The zero-order valence-electron chi connectivity index (χ0n) is 18.9. The Balaban J connectivity index is 2.45. The van der Waals surface area contributed by atoms with Crippen molar-refractivity contribution in [1.29, 1.82) is 0 Å². The minimum absolute atomic E-state index is 0.128. The third kappa shape index (κ3) is 6.06. The van der Waals surface area contributed by atoms with Crippen LogP contribution >= 0.6 is 23.4 Å². The van der Waals surface area contributed by atoms with Crippen LogP contribution in [0.4, 0.5) is 11.4 Å². The third-order valence-electron chi connectivity index (χ3n) is 4.32. The molecule has 9 nitrogen and oxygen atoms in total. The van der Waals surface area contributed by atoms with Gasteiger partial charge in [-0.05, 0) is 45.0 Å². The van der Waals surface area contributed by atoms with E-state index in [1.54, 1.807) is 38.1 Å². The molecule has 0 fully saturated rings. The van der Waals surface area contributed by atoms with Crippen molar-refractivity contribution in [1.82, 2.24) is 0 Å². The Labute approximate surface area is 202 Å². The van der Waals surface area contributed by atoms with E-state index in [-0.39, 0.29) is 22.1 Å². The molecule has 0 heterocycles. The normalized spacial score (nSPS) is 11.7. The molecule has 2 aromatic carbocycles. The Bertz CT molecular complexity index is 1030. The standard InChI is InChI=1S/C22H25Cl2N3O6/c1-6-32-15-11-12-16(33-7-2)20(18(15)23)26-25-19(13(3)28)22(29)27(24)14-9-8-10-17(30-4)21(14)31-5/h8-12,19H,6-7H2,1-5H3. The molecular formula is C22H25Cl2N3O6. The van der Waals surface area contributed by atoms with Gasteiger partial charge in [-0.1, -0.05) is 17.7 Å². The van der Waals surface area contributed by atoms with Gasteiger partial charge in [0, 0.05) is 11.8 Å². The van der Waals surface area contributed by atoms with Gasteiger partial charge in [0.2, 0.25) is 6.04 Å². The number of ether oxygens (including phenoxy) is 4. The zero-order chi connectivity index (χ0) is 24.5. The Hall–Kier alpha value is -3.04. The number of rotatable bonds is 11. The van der Waals surface area contributed by atoms with Gasteiger partial charge < -0.3 is 18.9 Å². The van der Waals surface area contributed by atoms with Crippen LogP contribution in [0.2, 0.25) is 5.02 Å². The van der Waals surface area contributed by atoms with Crippen molar-refractivity contribution in [3.8, 4) is 23.0 Å². The second kappa shape index (κ2) is 12.3. The van der Waals surface area contributed by atoms with E-state index >= 15 is 0 Å². The molecule has 1 unspecified atom stereocenters. The molecule has 2 rings (SSSR count). The van der Waals surface area contributed by atoms with Gasteiger partial charge in [-0.15, -0.1) is 5.11 Å². The average molecular weight is 498 g/mol. The van der Waals surface area contributed by atoms with Gasteiger partial charge in [0.15, 0.2) is 17.3 Å². The first kappa shape index (κ1) is 26.2. The van der Waals surface area contributed by atoms with Crippen molar-refractivity contribution < 1.29 is 28.5 Å². The topological polar surface area (TPSA) is 99.0 Å². The number of halogens is 2. The predicted octanol–water partition coefficient (Wildman–Crippen LogP) is 5.38. The summed E-state index contributed by atoms with van der Waals surface area (Å²) in [5, 5.41) is 8.16. The Morgan fingerprint density at radius 1 is 1.00 bits per heavy atom. The molecule has 11 heteroatoms. The highest BCUT2D eigenvalue weighted by atomic mass is 35.5. The van der Waals surface area contributed by atoms with Crippen LogP contribution < -0.4 is 23.4 Å². The fraction of sp³-hybridized carbons (Fsp3) is 0.364. The summed E-state index contributed by atoms with van der Waals surface area (Å²) in [5.74, 6) is -0.158. The van der Waals surface area contributed by atoms with E-state index in [1.165, 1.54) is 27.2 Å². The van der Waals surface area contributed by atoms with Gasteiger partial charge >= 0.3 is 0 Å². The summed E-state index contributed by atoms with van der Waals surface area (Å²) >= 11 is 12.7. The van der Waals surface area contributed by atoms with Crippen LogP contribution in [0.5, 0.6) is 23.0 Å². The van der Waals surface area contributed by atoms with Crippen molar-refractivity contribution in [3.05, 3.63) is 35.4 Å². The van der Waals surface area contributed by atoms with E-state index in [1.807, 2.05) is 0 Å². The zero-order valence-corrected chi connectivity index (χ0v) is 20.4. The first-order valence-electron chi connectivity index (χ1n) is 10.0. The summed E-state index contributed by atoms with van der Waals surface area (Å²) in [4.78, 5) is 25.4. The van der Waals surface area contributed by atoms with Gasteiger partial charge in [0.1, 0.15) is 27.9 Å². The van der Waals surface area contributed by atoms with E-state index in [9.17, 15) is 9.59 Å². The van der Waals surface area contributed by atoms with E-state index < -0.39 is 17.7 Å². The molecule has 0 saturated heterocycles. The van der Waals surface area contributed by atoms with Crippen LogP contribution in [0.25, 0.3) is 0 Å². The Morgan fingerprint density at radius 2 is 1.64 bits per heavy atom. The highest BCUT2D eigenvalue weighted by Crippen LogP contribution is 2.42. The number of azo groups is 1. The molecule has 0 aliphatic carbocycles. The number of ketones is 1. The molecule has 178 valence electrons. The quantitative estimate of drug-likeness (QED) is 0.234. The van der Waals surface area contributed by atoms with Gasteiger partial charge in [-0.3, -0.25) is 9.59 Å². The lowest BCUT2D eigenvalue weighted by Crippen LogP contribution is -2.36. The van der Waals surface area contributed by atoms with Crippen LogP contribution in [0.3, 0.4) is 0 Å². The number of hydrogen-bond acceptors (Lipinski definition) is 8. The number of Topliss-reactive ketones (excluding diaryl/α,β-unsaturated/α-hetero) is 1. The molecule has 0 radical (unpaired) electrons. The van der Waals surface area contributed by atoms with Gasteiger partial charge in [0.25, 0.3) is 5.91 Å². The minimum atomic E-state index is -1.54. The first-order valence-corrected chi connectivity index (χ1v) is 10.7. The number of para-hydroxylation sites is 1. The second-order valence-electron chi connectivity index (χ2n) is 6.45. The summed E-state index contributed by atoms with van der Waals surface area (Å²) in [6.45, 7) is 5.52. The monoisotopic (exact) mass is 497 g/mol. The Kier molecular flexibility index (Phi) is 9.74. The average Bonchev–Trinajstić information content (AvgIpc) is 2.81. The summed E-state index contributed by atoms with van der Waals surface area (Å²) in [6.07, 6.45) is 0.